The van der Waals surface area contributed by atoms with Crippen molar-refractivity contribution in [1.82, 2.24) is 15.1 Å². The van der Waals surface area contributed by atoms with E-state index in [1.54, 1.807) is 17.1 Å². The van der Waals surface area contributed by atoms with E-state index in [2.05, 4.69) is 39.2 Å². The summed E-state index contributed by atoms with van der Waals surface area (Å²) in [6.45, 7) is 18.7. The van der Waals surface area contributed by atoms with Crippen LogP contribution in [0.1, 0.15) is 97.6 Å². The first kappa shape index (κ1) is 38.3. The zero-order valence-corrected chi connectivity index (χ0v) is 30.1. The molecule has 0 unspecified atom stereocenters. The molecule has 0 aromatic heterocycles. The van der Waals surface area contributed by atoms with Crippen molar-refractivity contribution >= 4 is 23.7 Å². The number of rotatable bonds is 18. The molecule has 49 heavy (non-hydrogen) atoms. The van der Waals surface area contributed by atoms with Crippen molar-refractivity contribution < 1.29 is 33.8 Å². The van der Waals surface area contributed by atoms with Crippen LogP contribution in [0.4, 0.5) is 0 Å². The van der Waals surface area contributed by atoms with E-state index in [9.17, 15) is 24.3 Å². The van der Waals surface area contributed by atoms with Gasteiger partial charge in [-0.1, -0.05) is 63.3 Å². The predicted molar refractivity (Wildman–Crippen MR) is 188 cm³/mol. The molecule has 270 valence electrons. The van der Waals surface area contributed by atoms with E-state index in [1.807, 2.05) is 49.1 Å². The van der Waals surface area contributed by atoms with Gasteiger partial charge in [0.15, 0.2) is 0 Å². The first-order valence-electron chi connectivity index (χ1n) is 17.8. The number of aliphatic hydroxyl groups excluding tert-OH is 1. The standard InChI is InChI=1S/C39H57N3O7/c1-8-10-19-30(44)48-25-28(27-17-13-11-14-18-27)40-34(45)31-29-20-21-39(49-29)32(31)35(46)41(23-15-12-16-24-43)33(39)36(47)42(22-9-2)38(6,7)26-37(3,4)5/h8-9,11,13-14,17-18,28-29,31-33,43H,1-2,10,12,15-16,19-26H2,3-7H3,(H,40,45)/t28-,29-,31+,32+,33-,39+/m1/s1. The van der Waals surface area contributed by atoms with E-state index in [0.717, 1.165) is 12.0 Å². The first-order valence-corrected chi connectivity index (χ1v) is 17.8. The number of likely N-dealkylation sites (tertiary alicyclic amines) is 1. The third-order valence-corrected chi connectivity index (χ3v) is 10.1. The van der Waals surface area contributed by atoms with Gasteiger partial charge in [-0.25, -0.2) is 0 Å². The van der Waals surface area contributed by atoms with Crippen molar-refractivity contribution in [2.75, 3.05) is 26.3 Å². The molecule has 2 N–H and O–H groups in total. The Kier molecular flexibility index (Phi) is 12.5. The highest BCUT2D eigenvalue weighted by Crippen LogP contribution is 2.59. The van der Waals surface area contributed by atoms with Gasteiger partial charge in [-0.05, 0) is 69.8 Å². The monoisotopic (exact) mass is 679 g/mol. The Bertz CT molecular complexity index is 1360. The molecule has 3 saturated heterocycles. The molecular formula is C39H57N3O7. The molecule has 2 bridgehead atoms. The van der Waals surface area contributed by atoms with Crippen molar-refractivity contribution in [3.8, 4) is 0 Å². The fourth-order valence-electron chi connectivity index (χ4n) is 8.49. The molecule has 0 aliphatic carbocycles. The minimum Gasteiger partial charge on any atom is -0.463 e. The maximum Gasteiger partial charge on any atom is 0.306 e. The van der Waals surface area contributed by atoms with Gasteiger partial charge in [0.1, 0.15) is 18.2 Å². The molecule has 10 heteroatoms. The Morgan fingerprint density at radius 1 is 1.12 bits per heavy atom. The maximum atomic E-state index is 14.9. The minimum atomic E-state index is -1.14. The van der Waals surface area contributed by atoms with Gasteiger partial charge in [-0.3, -0.25) is 19.2 Å². The number of carbonyl (C=O) groups excluding carboxylic acids is 4. The topological polar surface area (TPSA) is 125 Å². The molecule has 4 rings (SSSR count). The largest absolute Gasteiger partial charge is 0.463 e. The van der Waals surface area contributed by atoms with Crippen LogP contribution in [0.25, 0.3) is 0 Å². The quantitative estimate of drug-likeness (QED) is 0.125. The van der Waals surface area contributed by atoms with Gasteiger partial charge >= 0.3 is 5.97 Å². The van der Waals surface area contributed by atoms with Crippen molar-refractivity contribution in [3.63, 3.8) is 0 Å². The van der Waals surface area contributed by atoms with Crippen LogP contribution in [0.3, 0.4) is 0 Å². The predicted octanol–water partition coefficient (Wildman–Crippen LogP) is 5.12. The van der Waals surface area contributed by atoms with E-state index in [1.165, 1.54) is 0 Å². The lowest BCUT2D eigenvalue weighted by atomic mass is 9.70. The summed E-state index contributed by atoms with van der Waals surface area (Å²) in [7, 11) is 0. The maximum absolute atomic E-state index is 14.9. The van der Waals surface area contributed by atoms with Crippen LogP contribution < -0.4 is 5.32 Å². The van der Waals surface area contributed by atoms with Crippen LogP contribution in [0.5, 0.6) is 0 Å². The lowest BCUT2D eigenvalue weighted by Gasteiger charge is -2.45. The summed E-state index contributed by atoms with van der Waals surface area (Å²) < 4.78 is 12.3. The fraction of sp³-hybridized carbons (Fsp3) is 0.641. The van der Waals surface area contributed by atoms with Crippen LogP contribution in [-0.4, -0.2) is 88.2 Å². The number of benzene rings is 1. The van der Waals surface area contributed by atoms with Crippen LogP contribution in [0.2, 0.25) is 0 Å². The molecule has 1 aromatic carbocycles. The van der Waals surface area contributed by atoms with Gasteiger partial charge in [0.25, 0.3) is 0 Å². The molecule has 3 heterocycles. The molecular weight excluding hydrogens is 622 g/mol. The fourth-order valence-corrected chi connectivity index (χ4v) is 8.49. The smallest absolute Gasteiger partial charge is 0.306 e. The molecule has 3 aliphatic rings. The number of hydrogen-bond donors (Lipinski definition) is 2. The summed E-state index contributed by atoms with van der Waals surface area (Å²) in [5.74, 6) is -2.82. The third kappa shape index (κ3) is 8.46. The summed E-state index contributed by atoms with van der Waals surface area (Å²) in [6, 6.07) is 7.76. The highest BCUT2D eigenvalue weighted by Gasteiger charge is 2.74. The van der Waals surface area contributed by atoms with E-state index in [0.29, 0.717) is 51.6 Å². The van der Waals surface area contributed by atoms with Crippen LogP contribution in [-0.2, 0) is 28.7 Å². The van der Waals surface area contributed by atoms with Crippen LogP contribution in [0, 0.1) is 17.3 Å². The Morgan fingerprint density at radius 2 is 1.84 bits per heavy atom. The number of esters is 1. The van der Waals surface area contributed by atoms with Crippen molar-refractivity contribution in [2.45, 2.75) is 115 Å². The Balaban J connectivity index is 1.67. The molecule has 3 fully saturated rings. The second-order valence-corrected chi connectivity index (χ2v) is 15.6. The van der Waals surface area contributed by atoms with E-state index in [-0.39, 0.29) is 48.7 Å². The summed E-state index contributed by atoms with van der Waals surface area (Å²) in [5.41, 5.74) is -0.999. The number of hydrogen-bond acceptors (Lipinski definition) is 7. The Morgan fingerprint density at radius 3 is 2.47 bits per heavy atom. The number of allylic oxidation sites excluding steroid dienone is 1. The van der Waals surface area contributed by atoms with Gasteiger partial charge in [0.05, 0.1) is 24.0 Å². The zero-order chi connectivity index (χ0) is 36.0. The molecule has 0 radical (unpaired) electrons. The van der Waals surface area contributed by atoms with Gasteiger partial charge in [0.2, 0.25) is 17.7 Å². The first-order chi connectivity index (χ1) is 23.2. The number of amides is 3. The molecule has 3 aliphatic heterocycles. The molecule has 1 aromatic rings. The average Bonchev–Trinajstić information content (AvgIpc) is 3.69. The highest BCUT2D eigenvalue weighted by atomic mass is 16.5. The molecule has 6 atom stereocenters. The number of fused-ring (bicyclic) bond motifs is 1. The Labute approximate surface area is 292 Å². The number of nitrogens with zero attached hydrogens (tertiary/aromatic N) is 2. The summed E-state index contributed by atoms with van der Waals surface area (Å²) in [5, 5.41) is 12.5. The lowest BCUT2D eigenvalue weighted by molar-refractivity contribution is -0.153. The van der Waals surface area contributed by atoms with Gasteiger partial charge < -0.3 is 29.7 Å². The highest BCUT2D eigenvalue weighted by molar-refractivity contribution is 5.99. The molecule has 1 spiro atoms. The summed E-state index contributed by atoms with van der Waals surface area (Å²) >= 11 is 0. The molecule has 0 saturated carbocycles. The number of nitrogens with one attached hydrogen (secondary N) is 1. The number of aliphatic hydroxyl groups is 1. The van der Waals surface area contributed by atoms with Gasteiger partial charge in [-0.2, -0.15) is 0 Å². The number of ether oxygens (including phenoxy) is 2. The SMILES string of the molecule is C=CCCC(=O)OC[C@@H](NC(=O)[C@@H]1[C@H]2C(=O)N(CCCCCO)[C@H](C(=O)N(CC=C)C(C)(C)CC(C)(C)C)[C@]23CC[C@H]1O3)c1ccccc1. The number of carbonyl (C=O) groups is 4. The van der Waals surface area contributed by atoms with Crippen molar-refractivity contribution in [1.29, 1.82) is 0 Å². The normalized spacial score (nSPS) is 25.1. The van der Waals surface area contributed by atoms with Crippen LogP contribution >= 0.6 is 0 Å². The van der Waals surface area contributed by atoms with E-state index in [4.69, 9.17) is 9.47 Å². The Hall–Kier alpha value is -3.50. The zero-order valence-electron chi connectivity index (χ0n) is 30.1. The molecule has 10 nitrogen and oxygen atoms in total. The average molecular weight is 680 g/mol. The second-order valence-electron chi connectivity index (χ2n) is 15.6. The van der Waals surface area contributed by atoms with E-state index < -0.39 is 41.2 Å². The summed E-state index contributed by atoms with van der Waals surface area (Å²) in [6.07, 6.45) is 7.19. The lowest BCUT2D eigenvalue weighted by Crippen LogP contribution is -2.61. The second kappa shape index (κ2) is 16.0. The van der Waals surface area contributed by atoms with Crippen LogP contribution in [0.15, 0.2) is 55.6 Å². The van der Waals surface area contributed by atoms with E-state index >= 15 is 0 Å². The van der Waals surface area contributed by atoms with Crippen molar-refractivity contribution in [2.24, 2.45) is 17.3 Å². The van der Waals surface area contributed by atoms with Gasteiger partial charge in [-0.15, -0.1) is 13.2 Å². The minimum absolute atomic E-state index is 0.0517. The number of unbranched alkanes of at least 4 members (excludes halogenated alkanes) is 2. The third-order valence-electron chi connectivity index (χ3n) is 10.1. The molecule has 3 amide bonds. The van der Waals surface area contributed by atoms with Gasteiger partial charge in [0, 0.05) is 31.7 Å². The van der Waals surface area contributed by atoms with Crippen molar-refractivity contribution in [3.05, 3.63) is 61.2 Å². The summed E-state index contributed by atoms with van der Waals surface area (Å²) in [4.78, 5) is 59.6.